The van der Waals surface area contributed by atoms with Crippen molar-refractivity contribution in [3.63, 3.8) is 0 Å². The molecule has 3 N–H and O–H groups in total. The Bertz CT molecular complexity index is 1050. The third kappa shape index (κ3) is 11.3. The van der Waals surface area contributed by atoms with E-state index >= 15 is 0 Å². The quantitative estimate of drug-likeness (QED) is 0.176. The van der Waals surface area contributed by atoms with Gasteiger partial charge in [-0.2, -0.15) is 13.2 Å². The highest BCUT2D eigenvalue weighted by molar-refractivity contribution is 6.00. The van der Waals surface area contributed by atoms with Gasteiger partial charge in [-0.1, -0.05) is 42.3 Å². The van der Waals surface area contributed by atoms with E-state index in [4.69, 9.17) is 20.0 Å². The van der Waals surface area contributed by atoms with Gasteiger partial charge in [0.15, 0.2) is 0 Å². The molecule has 10 heteroatoms. The van der Waals surface area contributed by atoms with Crippen LogP contribution in [0.4, 0.5) is 13.2 Å². The molecule has 0 spiro atoms. The first-order valence-electron chi connectivity index (χ1n) is 14.1. The molecular weight excluding hydrogens is 535 g/mol. The van der Waals surface area contributed by atoms with E-state index in [2.05, 4.69) is 24.2 Å². The summed E-state index contributed by atoms with van der Waals surface area (Å²) in [5.74, 6) is 1.11. The summed E-state index contributed by atoms with van der Waals surface area (Å²) >= 11 is 0. The molecule has 3 rings (SSSR count). The first-order valence-corrected chi connectivity index (χ1v) is 14.1. The predicted octanol–water partition coefficient (Wildman–Crippen LogP) is 5.84. The SMILES string of the molecule is COCCCC/C(=N\OCCN)c1ccc(C(F)(F)F)cc1.COc1cccc([C@@]2(O)CCCC[C@@H]2CN(C)C)c1. The highest BCUT2D eigenvalue weighted by Crippen LogP contribution is 2.42. The molecule has 2 aromatic carbocycles. The lowest BCUT2D eigenvalue weighted by Gasteiger charge is -2.41. The number of nitrogens with two attached hydrogens (primary N) is 1. The number of benzene rings is 2. The Morgan fingerprint density at radius 2 is 1.80 bits per heavy atom. The van der Waals surface area contributed by atoms with Crippen molar-refractivity contribution in [2.24, 2.45) is 16.8 Å². The third-order valence-corrected chi connectivity index (χ3v) is 7.13. The van der Waals surface area contributed by atoms with Crippen LogP contribution in [0.1, 0.15) is 61.6 Å². The molecule has 41 heavy (non-hydrogen) atoms. The number of oxime groups is 1. The van der Waals surface area contributed by atoms with Crippen molar-refractivity contribution in [3.05, 3.63) is 65.2 Å². The predicted molar refractivity (Wildman–Crippen MR) is 156 cm³/mol. The maximum absolute atomic E-state index is 12.6. The summed E-state index contributed by atoms with van der Waals surface area (Å²) < 4.78 is 48.0. The van der Waals surface area contributed by atoms with Crippen LogP contribution in [-0.4, -0.2) is 70.3 Å². The summed E-state index contributed by atoms with van der Waals surface area (Å²) in [5.41, 5.74) is 6.15. The van der Waals surface area contributed by atoms with Gasteiger partial charge in [-0.25, -0.2) is 0 Å². The molecule has 230 valence electrons. The van der Waals surface area contributed by atoms with Gasteiger partial charge in [-0.3, -0.25) is 0 Å². The highest BCUT2D eigenvalue weighted by Gasteiger charge is 2.40. The lowest BCUT2D eigenvalue weighted by molar-refractivity contribution is -0.137. The van der Waals surface area contributed by atoms with Gasteiger partial charge >= 0.3 is 6.18 Å². The summed E-state index contributed by atoms with van der Waals surface area (Å²) in [6.07, 6.45) is 2.14. The number of methoxy groups -OCH3 is 2. The van der Waals surface area contributed by atoms with E-state index in [9.17, 15) is 18.3 Å². The van der Waals surface area contributed by atoms with E-state index in [0.29, 0.717) is 36.8 Å². The van der Waals surface area contributed by atoms with E-state index in [0.717, 1.165) is 62.1 Å². The zero-order valence-electron chi connectivity index (χ0n) is 24.8. The Morgan fingerprint density at radius 3 is 2.41 bits per heavy atom. The van der Waals surface area contributed by atoms with Gasteiger partial charge in [0.1, 0.15) is 12.4 Å². The molecule has 1 aliphatic carbocycles. The molecule has 0 aromatic heterocycles. The van der Waals surface area contributed by atoms with Crippen LogP contribution < -0.4 is 10.5 Å². The van der Waals surface area contributed by atoms with Gasteiger partial charge in [0, 0.05) is 32.7 Å². The van der Waals surface area contributed by atoms with Crippen molar-refractivity contribution in [3.8, 4) is 5.75 Å². The Labute approximate surface area is 242 Å². The molecule has 0 bridgehead atoms. The first kappa shape index (κ1) is 34.5. The third-order valence-electron chi connectivity index (χ3n) is 7.13. The second kappa shape index (κ2) is 17.3. The van der Waals surface area contributed by atoms with E-state index < -0.39 is 17.3 Å². The highest BCUT2D eigenvalue weighted by atomic mass is 19.4. The Morgan fingerprint density at radius 1 is 1.07 bits per heavy atom. The first-order chi connectivity index (χ1) is 19.5. The summed E-state index contributed by atoms with van der Waals surface area (Å²) in [4.78, 5) is 7.23. The number of nitrogens with zero attached hydrogens (tertiary/aromatic N) is 2. The molecule has 0 aliphatic heterocycles. The van der Waals surface area contributed by atoms with Crippen LogP contribution in [0.25, 0.3) is 0 Å². The molecule has 0 radical (unpaired) electrons. The molecule has 2 aromatic rings. The largest absolute Gasteiger partial charge is 0.497 e. The minimum absolute atomic E-state index is 0.266. The smallest absolute Gasteiger partial charge is 0.416 e. The average molecular weight is 582 g/mol. The molecule has 0 saturated heterocycles. The van der Waals surface area contributed by atoms with Crippen LogP contribution in [0.15, 0.2) is 53.7 Å². The fourth-order valence-electron chi connectivity index (χ4n) is 4.99. The summed E-state index contributed by atoms with van der Waals surface area (Å²) in [5, 5.41) is 15.2. The molecule has 1 saturated carbocycles. The number of alkyl halides is 3. The second-order valence-corrected chi connectivity index (χ2v) is 10.5. The number of ether oxygens (including phenoxy) is 2. The Hall–Kier alpha value is -2.66. The number of unbranched alkanes of at least 4 members (excludes halogenated alkanes) is 1. The minimum atomic E-state index is -4.34. The summed E-state index contributed by atoms with van der Waals surface area (Å²) in [6, 6.07) is 12.8. The summed E-state index contributed by atoms with van der Waals surface area (Å²) in [7, 11) is 7.43. The Balaban J connectivity index is 0.000000289. The van der Waals surface area contributed by atoms with Crippen molar-refractivity contribution in [1.82, 2.24) is 4.90 Å². The van der Waals surface area contributed by atoms with Crippen molar-refractivity contribution >= 4 is 5.71 Å². The zero-order valence-corrected chi connectivity index (χ0v) is 24.8. The van der Waals surface area contributed by atoms with E-state index in [1.807, 2.05) is 24.3 Å². The fraction of sp³-hybridized carbons (Fsp3) is 0.581. The van der Waals surface area contributed by atoms with Gasteiger partial charge in [-0.15, -0.1) is 0 Å². The average Bonchev–Trinajstić information content (AvgIpc) is 2.95. The Kier molecular flexibility index (Phi) is 14.6. The van der Waals surface area contributed by atoms with Crippen LogP contribution in [0.3, 0.4) is 0 Å². The fourth-order valence-corrected chi connectivity index (χ4v) is 4.99. The van der Waals surface area contributed by atoms with Gasteiger partial charge in [0.25, 0.3) is 0 Å². The van der Waals surface area contributed by atoms with Crippen molar-refractivity contribution in [2.45, 2.75) is 56.7 Å². The van der Waals surface area contributed by atoms with Crippen LogP contribution in [0.2, 0.25) is 0 Å². The molecule has 2 atom stereocenters. The van der Waals surface area contributed by atoms with Gasteiger partial charge in [0.2, 0.25) is 0 Å². The summed E-state index contributed by atoms with van der Waals surface area (Å²) in [6.45, 7) is 2.15. The van der Waals surface area contributed by atoms with E-state index in [1.54, 1.807) is 14.2 Å². The maximum Gasteiger partial charge on any atom is 0.416 e. The standard InChI is InChI=1S/C16H25NO2.C15H21F3N2O2/c1-17(2)12-14-7-4-5-10-16(14,18)13-8-6-9-15(11-13)19-3;1-21-10-3-2-4-14(20-22-11-9-19)12-5-7-13(8-6-12)15(16,17)18/h6,8-9,11,14,18H,4-5,7,10,12H2,1-3H3;5-8H,2-4,9-11,19H2,1H3/b;20-14+/t14-,16+;/m1./s1. The van der Waals surface area contributed by atoms with Crippen molar-refractivity contribution < 1.29 is 32.6 Å². The lowest BCUT2D eigenvalue weighted by atomic mass is 9.71. The molecule has 1 aliphatic rings. The maximum atomic E-state index is 12.6. The second-order valence-electron chi connectivity index (χ2n) is 10.5. The molecule has 1 fully saturated rings. The number of rotatable bonds is 13. The minimum Gasteiger partial charge on any atom is -0.497 e. The molecule has 0 unspecified atom stereocenters. The van der Waals surface area contributed by atoms with Gasteiger partial charge < -0.3 is 30.1 Å². The van der Waals surface area contributed by atoms with E-state index in [-0.39, 0.29) is 6.61 Å². The van der Waals surface area contributed by atoms with E-state index in [1.165, 1.54) is 18.6 Å². The van der Waals surface area contributed by atoms with Crippen LogP contribution >= 0.6 is 0 Å². The van der Waals surface area contributed by atoms with Crippen LogP contribution in [0.5, 0.6) is 5.75 Å². The molecule has 0 heterocycles. The van der Waals surface area contributed by atoms with Gasteiger partial charge in [-0.05, 0) is 81.6 Å². The monoisotopic (exact) mass is 581 g/mol. The number of hydrogen-bond donors (Lipinski definition) is 2. The lowest BCUT2D eigenvalue weighted by Crippen LogP contribution is -2.43. The zero-order chi connectivity index (χ0) is 30.3. The number of hydrogen-bond acceptors (Lipinski definition) is 7. The molecule has 7 nitrogen and oxygen atoms in total. The normalized spacial score (nSPS) is 19.5. The topological polar surface area (TPSA) is 89.5 Å². The van der Waals surface area contributed by atoms with Crippen molar-refractivity contribution in [1.29, 1.82) is 0 Å². The van der Waals surface area contributed by atoms with Gasteiger partial charge in [0.05, 0.1) is 24.0 Å². The molecular formula is C31H46F3N3O4. The number of halogens is 3. The molecule has 0 amide bonds. The van der Waals surface area contributed by atoms with Crippen molar-refractivity contribution in [2.75, 3.05) is 54.6 Å². The number of aliphatic hydroxyl groups is 1. The van der Waals surface area contributed by atoms with Crippen LogP contribution in [-0.2, 0) is 21.4 Å². The van der Waals surface area contributed by atoms with Crippen LogP contribution in [0, 0.1) is 5.92 Å².